The molecule has 0 bridgehead atoms. The molecule has 0 aliphatic carbocycles. The van der Waals surface area contributed by atoms with Crippen molar-refractivity contribution in [1.82, 2.24) is 0 Å². The van der Waals surface area contributed by atoms with Gasteiger partial charge in [-0.15, -0.1) is 0 Å². The minimum absolute atomic E-state index is 0.274. The Labute approximate surface area is 113 Å². The van der Waals surface area contributed by atoms with E-state index in [1.165, 1.54) is 0 Å². The van der Waals surface area contributed by atoms with Gasteiger partial charge >= 0.3 is 0 Å². The van der Waals surface area contributed by atoms with Crippen molar-refractivity contribution in [2.24, 2.45) is 0 Å². The van der Waals surface area contributed by atoms with Crippen LogP contribution >= 0.6 is 39.1 Å². The molecule has 0 saturated carbocycles. The number of hydrogen-bond acceptors (Lipinski definition) is 2. The van der Waals surface area contributed by atoms with Crippen LogP contribution in [0.5, 0.6) is 0 Å². The molecule has 1 atom stereocenters. The Hall–Kier alpha value is 0.0400. The standard InChI is InChI=1S/C11H12BrCl2NO/c12-7-4-9(13)11(10(14)5-7)15-6-8-2-1-3-16-8/h4-5,8,15H,1-3,6H2. The number of nitrogens with one attached hydrogen (secondary N) is 1. The Morgan fingerprint density at radius 3 is 2.62 bits per heavy atom. The van der Waals surface area contributed by atoms with E-state index in [1.54, 1.807) is 0 Å². The molecule has 88 valence electrons. The summed E-state index contributed by atoms with van der Waals surface area (Å²) in [5.41, 5.74) is 0.780. The third kappa shape index (κ3) is 3.04. The Morgan fingerprint density at radius 1 is 1.38 bits per heavy atom. The van der Waals surface area contributed by atoms with E-state index in [4.69, 9.17) is 27.9 Å². The third-order valence-corrected chi connectivity index (χ3v) is 3.59. The fraction of sp³-hybridized carbons (Fsp3) is 0.455. The highest BCUT2D eigenvalue weighted by Crippen LogP contribution is 2.33. The second-order valence-corrected chi connectivity index (χ2v) is 5.49. The van der Waals surface area contributed by atoms with E-state index in [0.717, 1.165) is 36.2 Å². The molecule has 0 amide bonds. The molecule has 2 rings (SSSR count). The fourth-order valence-electron chi connectivity index (χ4n) is 1.73. The zero-order chi connectivity index (χ0) is 11.5. The van der Waals surface area contributed by atoms with Crippen molar-refractivity contribution in [3.8, 4) is 0 Å². The lowest BCUT2D eigenvalue weighted by Gasteiger charge is -2.14. The molecule has 1 fully saturated rings. The van der Waals surface area contributed by atoms with E-state index in [1.807, 2.05) is 12.1 Å². The third-order valence-electron chi connectivity index (χ3n) is 2.54. The van der Waals surface area contributed by atoms with Gasteiger partial charge in [0, 0.05) is 17.6 Å². The van der Waals surface area contributed by atoms with E-state index in [0.29, 0.717) is 10.0 Å². The van der Waals surface area contributed by atoms with E-state index in [2.05, 4.69) is 21.2 Å². The number of benzene rings is 1. The second kappa shape index (κ2) is 5.58. The molecule has 1 N–H and O–H groups in total. The topological polar surface area (TPSA) is 21.3 Å². The fourth-order valence-corrected chi connectivity index (χ4v) is 3.07. The molecule has 2 nitrogen and oxygen atoms in total. The van der Waals surface area contributed by atoms with Crippen LogP contribution in [0.4, 0.5) is 5.69 Å². The SMILES string of the molecule is Clc1cc(Br)cc(Cl)c1NCC1CCCO1. The maximum atomic E-state index is 6.10. The lowest BCUT2D eigenvalue weighted by molar-refractivity contribution is 0.120. The van der Waals surface area contributed by atoms with Crippen LogP contribution in [0.3, 0.4) is 0 Å². The Kier molecular flexibility index (Phi) is 4.36. The van der Waals surface area contributed by atoms with E-state index in [9.17, 15) is 0 Å². The molecule has 1 aromatic rings. The van der Waals surface area contributed by atoms with Crippen LogP contribution in [-0.2, 0) is 4.74 Å². The lowest BCUT2D eigenvalue weighted by Crippen LogP contribution is -2.18. The first-order chi connectivity index (χ1) is 7.66. The van der Waals surface area contributed by atoms with Crippen molar-refractivity contribution in [2.75, 3.05) is 18.5 Å². The summed E-state index contributed by atoms with van der Waals surface area (Å²) in [4.78, 5) is 0. The monoisotopic (exact) mass is 323 g/mol. The Bertz CT molecular complexity index is 357. The van der Waals surface area contributed by atoms with Crippen LogP contribution in [0.15, 0.2) is 16.6 Å². The van der Waals surface area contributed by atoms with Crippen LogP contribution in [0.25, 0.3) is 0 Å². The predicted molar refractivity (Wildman–Crippen MR) is 71.6 cm³/mol. The van der Waals surface area contributed by atoms with Gasteiger partial charge in [-0.2, -0.15) is 0 Å². The van der Waals surface area contributed by atoms with Crippen LogP contribution in [-0.4, -0.2) is 19.3 Å². The molecule has 0 radical (unpaired) electrons. The van der Waals surface area contributed by atoms with Crippen LogP contribution in [0.2, 0.25) is 10.0 Å². The van der Waals surface area contributed by atoms with E-state index in [-0.39, 0.29) is 6.10 Å². The van der Waals surface area contributed by atoms with Gasteiger partial charge in [0.05, 0.1) is 21.8 Å². The molecule has 1 saturated heterocycles. The molecule has 1 heterocycles. The Balaban J connectivity index is 2.03. The summed E-state index contributed by atoms with van der Waals surface area (Å²) in [5.74, 6) is 0. The largest absolute Gasteiger partial charge is 0.380 e. The number of ether oxygens (including phenoxy) is 1. The number of hydrogen-bond donors (Lipinski definition) is 1. The van der Waals surface area contributed by atoms with Crippen molar-refractivity contribution < 1.29 is 4.74 Å². The molecule has 0 aromatic heterocycles. The first kappa shape index (κ1) is 12.5. The van der Waals surface area contributed by atoms with Gasteiger partial charge in [0.2, 0.25) is 0 Å². The summed E-state index contributed by atoms with van der Waals surface area (Å²) in [6, 6.07) is 3.65. The molecular formula is C11H12BrCl2NO. The van der Waals surface area contributed by atoms with E-state index < -0.39 is 0 Å². The van der Waals surface area contributed by atoms with Crippen molar-refractivity contribution in [1.29, 1.82) is 0 Å². The Morgan fingerprint density at radius 2 is 2.06 bits per heavy atom. The summed E-state index contributed by atoms with van der Waals surface area (Å²) < 4.78 is 6.40. The zero-order valence-corrected chi connectivity index (χ0v) is 11.7. The highest BCUT2D eigenvalue weighted by molar-refractivity contribution is 9.10. The highest BCUT2D eigenvalue weighted by Gasteiger charge is 2.16. The van der Waals surface area contributed by atoms with Gasteiger partial charge < -0.3 is 10.1 Å². The molecular weight excluding hydrogens is 313 g/mol. The molecule has 1 aliphatic heterocycles. The summed E-state index contributed by atoms with van der Waals surface area (Å²) in [6.07, 6.45) is 2.50. The maximum absolute atomic E-state index is 6.10. The van der Waals surface area contributed by atoms with Gasteiger partial charge in [-0.3, -0.25) is 0 Å². The molecule has 1 unspecified atom stereocenters. The van der Waals surface area contributed by atoms with Crippen LogP contribution in [0, 0.1) is 0 Å². The molecule has 1 aliphatic rings. The van der Waals surface area contributed by atoms with Gasteiger partial charge in [0.1, 0.15) is 0 Å². The van der Waals surface area contributed by atoms with Crippen LogP contribution < -0.4 is 5.32 Å². The first-order valence-corrected chi connectivity index (χ1v) is 6.72. The van der Waals surface area contributed by atoms with Gasteiger partial charge in [-0.1, -0.05) is 39.1 Å². The minimum atomic E-state index is 0.274. The van der Waals surface area contributed by atoms with Gasteiger partial charge in [-0.05, 0) is 25.0 Å². The van der Waals surface area contributed by atoms with Gasteiger partial charge in [0.25, 0.3) is 0 Å². The van der Waals surface area contributed by atoms with Crippen molar-refractivity contribution in [3.05, 3.63) is 26.7 Å². The average molecular weight is 325 g/mol. The van der Waals surface area contributed by atoms with Crippen molar-refractivity contribution in [2.45, 2.75) is 18.9 Å². The summed E-state index contributed by atoms with van der Waals surface area (Å²) >= 11 is 15.5. The minimum Gasteiger partial charge on any atom is -0.380 e. The smallest absolute Gasteiger partial charge is 0.0748 e. The number of anilines is 1. The predicted octanol–water partition coefficient (Wildman–Crippen LogP) is 4.35. The number of rotatable bonds is 3. The number of halogens is 3. The van der Waals surface area contributed by atoms with Crippen molar-refractivity contribution >= 4 is 44.8 Å². The second-order valence-electron chi connectivity index (χ2n) is 3.76. The zero-order valence-electron chi connectivity index (χ0n) is 8.60. The van der Waals surface area contributed by atoms with Crippen molar-refractivity contribution in [3.63, 3.8) is 0 Å². The van der Waals surface area contributed by atoms with Gasteiger partial charge in [-0.25, -0.2) is 0 Å². The maximum Gasteiger partial charge on any atom is 0.0748 e. The first-order valence-electron chi connectivity index (χ1n) is 5.17. The summed E-state index contributed by atoms with van der Waals surface area (Å²) in [6.45, 7) is 1.61. The van der Waals surface area contributed by atoms with Gasteiger partial charge in [0.15, 0.2) is 0 Å². The average Bonchev–Trinajstić information content (AvgIpc) is 2.68. The molecule has 5 heteroatoms. The van der Waals surface area contributed by atoms with Crippen LogP contribution in [0.1, 0.15) is 12.8 Å². The highest BCUT2D eigenvalue weighted by atomic mass is 79.9. The molecule has 0 spiro atoms. The summed E-state index contributed by atoms with van der Waals surface area (Å²) in [5, 5.41) is 4.49. The normalized spacial score (nSPS) is 20.1. The quantitative estimate of drug-likeness (QED) is 0.892. The summed E-state index contributed by atoms with van der Waals surface area (Å²) in [7, 11) is 0. The molecule has 16 heavy (non-hydrogen) atoms. The van der Waals surface area contributed by atoms with E-state index >= 15 is 0 Å². The molecule has 1 aromatic carbocycles. The lowest BCUT2D eigenvalue weighted by atomic mass is 10.2.